The maximum atomic E-state index is 10.6. The van der Waals surface area contributed by atoms with Crippen LogP contribution in [0, 0.1) is 5.41 Å². The van der Waals surface area contributed by atoms with Gasteiger partial charge in [-0.25, -0.2) is 15.0 Å². The predicted molar refractivity (Wildman–Crippen MR) is 115 cm³/mol. The molecule has 1 unspecified atom stereocenters. The number of aromatic nitrogens is 3. The van der Waals surface area contributed by atoms with E-state index in [1.165, 1.54) is 0 Å². The van der Waals surface area contributed by atoms with Crippen LogP contribution in [0.2, 0.25) is 0 Å². The van der Waals surface area contributed by atoms with Gasteiger partial charge in [-0.15, -0.1) is 0 Å². The van der Waals surface area contributed by atoms with Crippen LogP contribution in [0.5, 0.6) is 0 Å². The second-order valence-electron chi connectivity index (χ2n) is 7.36. The fourth-order valence-electron chi connectivity index (χ4n) is 3.63. The molecule has 8 nitrogen and oxygen atoms in total. The molecule has 3 heterocycles. The van der Waals surface area contributed by atoms with Gasteiger partial charge < -0.3 is 20.6 Å². The van der Waals surface area contributed by atoms with E-state index in [4.69, 9.17) is 10.4 Å². The monoisotopic (exact) mass is 391 g/mol. The summed E-state index contributed by atoms with van der Waals surface area (Å²) in [6.07, 6.45) is 5.26. The third-order valence-electron chi connectivity index (χ3n) is 5.23. The number of aliphatic hydroxyl groups excluding tert-OH is 1. The van der Waals surface area contributed by atoms with Crippen molar-refractivity contribution in [3.8, 4) is 0 Å². The number of rotatable bonds is 3. The van der Waals surface area contributed by atoms with Gasteiger partial charge in [-0.2, -0.15) is 0 Å². The molecule has 1 atom stereocenters. The zero-order valence-corrected chi connectivity index (χ0v) is 16.8. The van der Waals surface area contributed by atoms with E-state index in [2.05, 4.69) is 32.4 Å². The quantitative estimate of drug-likeness (QED) is 0.635. The molecule has 2 aliphatic rings. The fourth-order valence-corrected chi connectivity index (χ4v) is 3.63. The topological polar surface area (TPSA) is 110 Å². The predicted octanol–water partition coefficient (Wildman–Crippen LogP) is 2.17. The lowest BCUT2D eigenvalue weighted by molar-refractivity contribution is 0.433. The smallest absolute Gasteiger partial charge is 0.178 e. The normalized spacial score (nSPS) is 21.7. The molecule has 1 saturated heterocycles. The first kappa shape index (κ1) is 19.1. The molecule has 0 saturated carbocycles. The second kappa shape index (κ2) is 7.63. The van der Waals surface area contributed by atoms with Gasteiger partial charge in [0.05, 0.1) is 17.6 Å². The lowest BCUT2D eigenvalue weighted by atomic mass is 9.91. The van der Waals surface area contributed by atoms with Crippen LogP contribution >= 0.6 is 0 Å². The first-order valence-corrected chi connectivity index (χ1v) is 9.69. The van der Waals surface area contributed by atoms with Crippen LogP contribution in [0.25, 0.3) is 16.7 Å². The molecule has 0 spiro atoms. The second-order valence-corrected chi connectivity index (χ2v) is 7.36. The van der Waals surface area contributed by atoms with Crippen molar-refractivity contribution < 1.29 is 5.11 Å². The van der Waals surface area contributed by atoms with Crippen LogP contribution in [0.3, 0.4) is 0 Å². The molecule has 1 fully saturated rings. The molecule has 8 heteroatoms. The van der Waals surface area contributed by atoms with Crippen molar-refractivity contribution >= 4 is 28.3 Å². The summed E-state index contributed by atoms with van der Waals surface area (Å²) in [5.41, 5.74) is 3.91. The maximum absolute atomic E-state index is 10.6. The van der Waals surface area contributed by atoms with Gasteiger partial charge in [0.2, 0.25) is 0 Å². The first-order chi connectivity index (χ1) is 14.0. The summed E-state index contributed by atoms with van der Waals surface area (Å²) in [6.45, 7) is 6.60. The van der Waals surface area contributed by atoms with E-state index in [-0.39, 0.29) is 11.5 Å². The van der Waals surface area contributed by atoms with Gasteiger partial charge >= 0.3 is 0 Å². The molecule has 1 aliphatic heterocycles. The van der Waals surface area contributed by atoms with Crippen LogP contribution in [-0.4, -0.2) is 58.5 Å². The zero-order chi connectivity index (χ0) is 20.5. The van der Waals surface area contributed by atoms with Crippen LogP contribution in [0.15, 0.2) is 47.5 Å². The Bertz CT molecular complexity index is 1070. The number of nitrogens with zero attached hydrogens (tertiary/aromatic N) is 4. The highest BCUT2D eigenvalue weighted by Gasteiger charge is 2.23. The number of fused-ring (bicyclic) bond motifs is 1. The third kappa shape index (κ3) is 3.58. The Balaban J connectivity index is 1.70. The molecule has 29 heavy (non-hydrogen) atoms. The molecule has 0 bridgehead atoms. The van der Waals surface area contributed by atoms with E-state index >= 15 is 0 Å². The van der Waals surface area contributed by atoms with Gasteiger partial charge in [-0.05, 0) is 32.1 Å². The van der Waals surface area contributed by atoms with E-state index in [1.807, 2.05) is 12.1 Å². The Hall–Kier alpha value is -3.26. The Labute approximate surface area is 169 Å². The Morgan fingerprint density at radius 1 is 1.34 bits per heavy atom. The van der Waals surface area contributed by atoms with E-state index < -0.39 is 0 Å². The minimum absolute atomic E-state index is 0.0643. The number of hydrogen-bond donors (Lipinski definition) is 4. The summed E-state index contributed by atoms with van der Waals surface area (Å²) < 4.78 is 0. The van der Waals surface area contributed by atoms with Crippen LogP contribution in [-0.2, 0) is 0 Å². The van der Waals surface area contributed by atoms with E-state index in [0.717, 1.165) is 25.5 Å². The molecule has 0 amide bonds. The van der Waals surface area contributed by atoms with Gasteiger partial charge in [0.15, 0.2) is 5.65 Å². The molecule has 2 aromatic rings. The summed E-state index contributed by atoms with van der Waals surface area (Å²) in [5, 5.41) is 25.1. The molecule has 4 rings (SSSR count). The summed E-state index contributed by atoms with van der Waals surface area (Å²) in [4.78, 5) is 16.1. The number of aliphatic hydroxyl groups is 1. The highest BCUT2D eigenvalue weighted by Crippen LogP contribution is 2.31. The summed E-state index contributed by atoms with van der Waals surface area (Å²) in [6, 6.07) is 4.13. The van der Waals surface area contributed by atoms with E-state index in [9.17, 15) is 5.11 Å². The molecule has 4 N–H and O–H groups in total. The van der Waals surface area contributed by atoms with Crippen LogP contribution in [0.1, 0.15) is 19.5 Å². The van der Waals surface area contributed by atoms with Crippen molar-refractivity contribution in [3.05, 3.63) is 53.2 Å². The number of pyridine rings is 1. The molecule has 0 radical (unpaired) electrons. The Kier molecular flexibility index (Phi) is 5.02. The zero-order valence-electron chi connectivity index (χ0n) is 16.8. The summed E-state index contributed by atoms with van der Waals surface area (Å²) in [7, 11) is 1.78. The van der Waals surface area contributed by atoms with Gasteiger partial charge in [0.25, 0.3) is 0 Å². The SMILES string of the molecule is CN/C=C1/C=C(c2ccc3nc(N4CCNC(C)C4)cnc3n2)C(O)=C(C)C1=N. The minimum atomic E-state index is 0.0643. The Morgan fingerprint density at radius 3 is 2.93 bits per heavy atom. The van der Waals surface area contributed by atoms with Gasteiger partial charge in [-0.3, -0.25) is 5.41 Å². The Morgan fingerprint density at radius 2 is 2.17 bits per heavy atom. The molecule has 0 aromatic carbocycles. The first-order valence-electron chi connectivity index (χ1n) is 9.69. The highest BCUT2D eigenvalue weighted by molar-refractivity contribution is 6.17. The number of allylic oxidation sites excluding steroid dienone is 4. The van der Waals surface area contributed by atoms with Crippen molar-refractivity contribution in [1.82, 2.24) is 25.6 Å². The lowest BCUT2D eigenvalue weighted by Crippen LogP contribution is -2.49. The van der Waals surface area contributed by atoms with E-state index in [0.29, 0.717) is 39.6 Å². The fraction of sp³-hybridized carbons (Fsp3) is 0.333. The summed E-state index contributed by atoms with van der Waals surface area (Å²) in [5.74, 6) is 0.915. The number of hydrogen-bond acceptors (Lipinski definition) is 8. The van der Waals surface area contributed by atoms with Crippen molar-refractivity contribution in [2.45, 2.75) is 19.9 Å². The number of piperazine rings is 1. The summed E-state index contributed by atoms with van der Waals surface area (Å²) >= 11 is 0. The lowest BCUT2D eigenvalue weighted by Gasteiger charge is -2.32. The minimum Gasteiger partial charge on any atom is -0.507 e. The van der Waals surface area contributed by atoms with Crippen molar-refractivity contribution in [3.63, 3.8) is 0 Å². The van der Waals surface area contributed by atoms with Crippen molar-refractivity contribution in [2.24, 2.45) is 0 Å². The molecule has 1 aliphatic carbocycles. The van der Waals surface area contributed by atoms with Gasteiger partial charge in [0.1, 0.15) is 17.1 Å². The average Bonchev–Trinajstić information content (AvgIpc) is 2.73. The average molecular weight is 391 g/mol. The maximum Gasteiger partial charge on any atom is 0.178 e. The number of anilines is 1. The van der Waals surface area contributed by atoms with E-state index in [1.54, 1.807) is 32.4 Å². The molecular formula is C21H25N7O. The molecule has 150 valence electrons. The third-order valence-corrected chi connectivity index (χ3v) is 5.23. The molecule has 2 aromatic heterocycles. The van der Waals surface area contributed by atoms with Gasteiger partial charge in [-0.1, -0.05) is 0 Å². The number of nitrogens with one attached hydrogen (secondary N) is 3. The van der Waals surface area contributed by atoms with Gasteiger partial charge in [0, 0.05) is 55.6 Å². The van der Waals surface area contributed by atoms with Crippen LogP contribution < -0.4 is 15.5 Å². The van der Waals surface area contributed by atoms with Crippen molar-refractivity contribution in [2.75, 3.05) is 31.6 Å². The molecular weight excluding hydrogens is 366 g/mol. The largest absolute Gasteiger partial charge is 0.507 e. The standard InChI is InChI=1S/C21H25N7O/c1-12-11-28(7-6-24-12)18-10-25-21-17(26-18)5-4-16(27-21)15-8-14(9-23-3)19(22)13(2)20(15)29/h4-5,8-10,12,22-24,29H,6-7,11H2,1-3H3/b14-9-,22-19?. The highest BCUT2D eigenvalue weighted by atomic mass is 16.3. The van der Waals surface area contributed by atoms with Crippen LogP contribution in [0.4, 0.5) is 5.82 Å². The van der Waals surface area contributed by atoms with Crippen molar-refractivity contribution in [1.29, 1.82) is 5.41 Å².